The fourth-order valence-electron chi connectivity index (χ4n) is 2.10. The Kier molecular flexibility index (Phi) is 7.25. The topological polar surface area (TPSA) is 64.6 Å². The normalized spacial score (nSPS) is 10.8. The summed E-state index contributed by atoms with van der Waals surface area (Å²) < 4.78 is 10.1. The number of carbonyl (C=O) groups is 2. The lowest BCUT2D eigenvalue weighted by Crippen LogP contribution is -2.29. The number of benzene rings is 2. The van der Waals surface area contributed by atoms with E-state index in [0.29, 0.717) is 6.42 Å². The molecule has 2 aromatic carbocycles. The fourth-order valence-corrected chi connectivity index (χ4v) is 2.10. The van der Waals surface area contributed by atoms with E-state index in [2.05, 4.69) is 5.32 Å². The van der Waals surface area contributed by atoms with Crippen LogP contribution in [0.5, 0.6) is 0 Å². The van der Waals surface area contributed by atoms with Gasteiger partial charge in [0.15, 0.2) is 0 Å². The SMILES string of the molecule is CCOC(=O)/C(=C/Cc1ccccc1)NC(=O)OCc1ccccc1. The van der Waals surface area contributed by atoms with Crippen LogP contribution in [0.25, 0.3) is 0 Å². The van der Waals surface area contributed by atoms with Crippen LogP contribution in [0.2, 0.25) is 0 Å². The highest BCUT2D eigenvalue weighted by Gasteiger charge is 2.14. The lowest BCUT2D eigenvalue weighted by Gasteiger charge is -2.10. The number of allylic oxidation sites excluding steroid dienone is 1. The van der Waals surface area contributed by atoms with Gasteiger partial charge in [0.25, 0.3) is 0 Å². The number of hydrogen-bond donors (Lipinski definition) is 1. The van der Waals surface area contributed by atoms with E-state index in [-0.39, 0.29) is 18.9 Å². The molecule has 0 fully saturated rings. The Balaban J connectivity index is 1.97. The van der Waals surface area contributed by atoms with Crippen LogP contribution >= 0.6 is 0 Å². The average Bonchev–Trinajstić information content (AvgIpc) is 2.65. The molecule has 5 nitrogen and oxygen atoms in total. The van der Waals surface area contributed by atoms with Gasteiger partial charge in [-0.05, 0) is 30.5 Å². The first-order valence-corrected chi connectivity index (χ1v) is 8.08. The molecule has 1 N–H and O–H groups in total. The smallest absolute Gasteiger partial charge is 0.412 e. The molecule has 1 amide bonds. The van der Waals surface area contributed by atoms with Crippen LogP contribution in [-0.4, -0.2) is 18.7 Å². The second-order valence-corrected chi connectivity index (χ2v) is 5.21. The number of alkyl carbamates (subject to hydrolysis) is 1. The largest absolute Gasteiger partial charge is 0.461 e. The number of esters is 1. The third kappa shape index (κ3) is 6.51. The highest BCUT2D eigenvalue weighted by atomic mass is 16.6. The minimum Gasteiger partial charge on any atom is -0.461 e. The molecule has 0 aliphatic carbocycles. The van der Waals surface area contributed by atoms with Crippen molar-refractivity contribution in [3.05, 3.63) is 83.6 Å². The first-order valence-electron chi connectivity index (χ1n) is 8.08. The first kappa shape index (κ1) is 18.3. The molecule has 130 valence electrons. The van der Waals surface area contributed by atoms with Crippen LogP contribution < -0.4 is 5.32 Å². The van der Waals surface area contributed by atoms with Crippen molar-refractivity contribution in [1.29, 1.82) is 0 Å². The Labute approximate surface area is 147 Å². The minimum atomic E-state index is -0.698. The summed E-state index contributed by atoms with van der Waals surface area (Å²) in [5.74, 6) is -0.588. The third-order valence-electron chi connectivity index (χ3n) is 3.33. The lowest BCUT2D eigenvalue weighted by atomic mass is 10.1. The number of nitrogens with one attached hydrogen (secondary N) is 1. The summed E-state index contributed by atoms with van der Waals surface area (Å²) in [7, 11) is 0. The number of ether oxygens (including phenoxy) is 2. The van der Waals surface area contributed by atoms with E-state index in [1.54, 1.807) is 13.0 Å². The van der Waals surface area contributed by atoms with E-state index in [9.17, 15) is 9.59 Å². The number of hydrogen-bond acceptors (Lipinski definition) is 4. The zero-order chi connectivity index (χ0) is 17.9. The average molecular weight is 339 g/mol. The van der Waals surface area contributed by atoms with Crippen LogP contribution in [0.4, 0.5) is 4.79 Å². The molecule has 25 heavy (non-hydrogen) atoms. The number of rotatable bonds is 7. The van der Waals surface area contributed by atoms with Gasteiger partial charge in [0, 0.05) is 0 Å². The summed E-state index contributed by atoms with van der Waals surface area (Å²) in [4.78, 5) is 24.0. The monoisotopic (exact) mass is 339 g/mol. The number of amides is 1. The van der Waals surface area contributed by atoms with Crippen molar-refractivity contribution >= 4 is 12.1 Å². The van der Waals surface area contributed by atoms with Crippen LogP contribution in [0.3, 0.4) is 0 Å². The van der Waals surface area contributed by atoms with Crippen molar-refractivity contribution in [2.24, 2.45) is 0 Å². The molecule has 0 aliphatic rings. The van der Waals surface area contributed by atoms with Gasteiger partial charge in [0.05, 0.1) is 6.61 Å². The summed E-state index contributed by atoms with van der Waals surface area (Å²) in [6, 6.07) is 18.9. The molecular weight excluding hydrogens is 318 g/mol. The molecule has 0 bridgehead atoms. The van der Waals surface area contributed by atoms with Gasteiger partial charge >= 0.3 is 12.1 Å². The highest BCUT2D eigenvalue weighted by Crippen LogP contribution is 2.05. The second kappa shape index (κ2) is 9.93. The number of carbonyl (C=O) groups excluding carboxylic acids is 2. The molecule has 2 rings (SSSR count). The quantitative estimate of drug-likeness (QED) is 0.618. The van der Waals surface area contributed by atoms with Gasteiger partial charge < -0.3 is 9.47 Å². The first-order chi connectivity index (χ1) is 12.2. The van der Waals surface area contributed by atoms with Gasteiger partial charge in [0.1, 0.15) is 12.3 Å². The molecule has 0 unspecified atom stereocenters. The molecule has 2 aromatic rings. The van der Waals surface area contributed by atoms with Gasteiger partial charge in [-0.2, -0.15) is 0 Å². The molecule has 5 heteroatoms. The van der Waals surface area contributed by atoms with Gasteiger partial charge in [-0.1, -0.05) is 60.7 Å². The zero-order valence-electron chi connectivity index (χ0n) is 14.1. The molecule has 0 saturated heterocycles. The van der Waals surface area contributed by atoms with E-state index in [1.807, 2.05) is 60.7 Å². The van der Waals surface area contributed by atoms with E-state index in [1.165, 1.54) is 0 Å². The van der Waals surface area contributed by atoms with Crippen molar-refractivity contribution in [3.8, 4) is 0 Å². The van der Waals surface area contributed by atoms with Gasteiger partial charge in [-0.3, -0.25) is 5.32 Å². The Morgan fingerprint density at radius 2 is 1.52 bits per heavy atom. The van der Waals surface area contributed by atoms with Crippen LogP contribution in [0.15, 0.2) is 72.4 Å². The van der Waals surface area contributed by atoms with Gasteiger partial charge in [-0.15, -0.1) is 0 Å². The Hall–Kier alpha value is -3.08. The Bertz CT molecular complexity index is 711. The molecule has 0 heterocycles. The molecule has 0 aliphatic heterocycles. The van der Waals surface area contributed by atoms with Crippen LogP contribution in [-0.2, 0) is 27.3 Å². The predicted molar refractivity (Wildman–Crippen MR) is 94.6 cm³/mol. The highest BCUT2D eigenvalue weighted by molar-refractivity contribution is 5.92. The summed E-state index contributed by atoms with van der Waals surface area (Å²) in [6.45, 7) is 2.06. The second-order valence-electron chi connectivity index (χ2n) is 5.21. The zero-order valence-corrected chi connectivity index (χ0v) is 14.1. The fraction of sp³-hybridized carbons (Fsp3) is 0.200. The molecule has 0 aromatic heterocycles. The van der Waals surface area contributed by atoms with Crippen molar-refractivity contribution in [1.82, 2.24) is 5.32 Å². The van der Waals surface area contributed by atoms with E-state index < -0.39 is 12.1 Å². The maximum absolute atomic E-state index is 12.0. The molecule has 0 radical (unpaired) electrons. The van der Waals surface area contributed by atoms with Crippen molar-refractivity contribution in [2.75, 3.05) is 6.61 Å². The molecule has 0 saturated carbocycles. The third-order valence-corrected chi connectivity index (χ3v) is 3.33. The summed E-state index contributed by atoms with van der Waals surface area (Å²) in [5, 5.41) is 2.47. The summed E-state index contributed by atoms with van der Waals surface area (Å²) >= 11 is 0. The van der Waals surface area contributed by atoms with Gasteiger partial charge in [-0.25, -0.2) is 9.59 Å². The Morgan fingerprint density at radius 3 is 2.12 bits per heavy atom. The van der Waals surface area contributed by atoms with Crippen molar-refractivity contribution in [3.63, 3.8) is 0 Å². The minimum absolute atomic E-state index is 0.0729. The molecule has 0 spiro atoms. The molecule has 0 atom stereocenters. The van der Waals surface area contributed by atoms with Gasteiger partial charge in [0.2, 0.25) is 0 Å². The standard InChI is InChI=1S/C20H21NO4/c1-2-24-19(22)18(14-13-16-9-5-3-6-10-16)21-20(23)25-15-17-11-7-4-8-12-17/h3-12,14H,2,13,15H2,1H3,(H,21,23)/b18-14-. The maximum atomic E-state index is 12.0. The van der Waals surface area contributed by atoms with E-state index >= 15 is 0 Å². The van der Waals surface area contributed by atoms with E-state index in [4.69, 9.17) is 9.47 Å². The maximum Gasteiger partial charge on any atom is 0.412 e. The van der Waals surface area contributed by atoms with Crippen LogP contribution in [0, 0.1) is 0 Å². The lowest BCUT2D eigenvalue weighted by molar-refractivity contribution is -0.138. The van der Waals surface area contributed by atoms with E-state index in [0.717, 1.165) is 11.1 Å². The molecular formula is C20H21NO4. The summed E-state index contributed by atoms with van der Waals surface area (Å²) in [6.07, 6.45) is 1.42. The summed E-state index contributed by atoms with van der Waals surface area (Å²) in [5.41, 5.74) is 1.95. The predicted octanol–water partition coefficient (Wildman–Crippen LogP) is 3.60. The Morgan fingerprint density at radius 1 is 0.920 bits per heavy atom. The van der Waals surface area contributed by atoms with Crippen molar-refractivity contribution < 1.29 is 19.1 Å². The van der Waals surface area contributed by atoms with Crippen molar-refractivity contribution in [2.45, 2.75) is 20.0 Å². The van der Waals surface area contributed by atoms with Crippen LogP contribution in [0.1, 0.15) is 18.1 Å².